The molecule has 3 aromatic rings. The van der Waals surface area contributed by atoms with Crippen LogP contribution in [-0.2, 0) is 7.05 Å². The van der Waals surface area contributed by atoms with E-state index in [9.17, 15) is 0 Å². The summed E-state index contributed by atoms with van der Waals surface area (Å²) in [6.45, 7) is 0. The Balaban J connectivity index is 2.47. The topological polar surface area (TPSA) is 49.2 Å². The fourth-order valence-electron chi connectivity index (χ4n) is 2.46. The summed E-state index contributed by atoms with van der Waals surface area (Å²) in [7, 11) is 7.17. The van der Waals surface area contributed by atoms with Crippen LogP contribution in [0.2, 0.25) is 0 Å². The van der Waals surface area contributed by atoms with E-state index in [1.807, 2.05) is 37.9 Å². The lowest BCUT2D eigenvalue weighted by Crippen LogP contribution is -2.06. The molecule has 0 aliphatic heterocycles. The third kappa shape index (κ3) is 1.63. The van der Waals surface area contributed by atoms with Gasteiger partial charge in [0, 0.05) is 29.5 Å². The van der Waals surface area contributed by atoms with Crippen molar-refractivity contribution in [2.75, 3.05) is 14.2 Å². The molecule has 0 saturated carbocycles. The van der Waals surface area contributed by atoms with E-state index in [2.05, 4.69) is 10.1 Å². The lowest BCUT2D eigenvalue weighted by molar-refractivity contribution is 0.356. The number of benzene rings is 1. The maximum atomic E-state index is 5.36. The first kappa shape index (κ1) is 11.8. The summed E-state index contributed by atoms with van der Waals surface area (Å²) < 4.78 is 12.5. The molecular formula is C13H14BN3O2. The van der Waals surface area contributed by atoms with Crippen LogP contribution in [-0.4, -0.2) is 36.8 Å². The van der Waals surface area contributed by atoms with Crippen LogP contribution in [0.25, 0.3) is 21.8 Å². The fourth-order valence-corrected chi connectivity index (χ4v) is 2.46. The average Bonchev–Trinajstić information content (AvgIpc) is 2.72. The minimum atomic E-state index is 0.684. The van der Waals surface area contributed by atoms with Gasteiger partial charge in [-0.15, -0.1) is 0 Å². The van der Waals surface area contributed by atoms with Crippen LogP contribution in [0.1, 0.15) is 0 Å². The lowest BCUT2D eigenvalue weighted by Gasteiger charge is -2.09. The quantitative estimate of drug-likeness (QED) is 0.622. The first-order valence-corrected chi connectivity index (χ1v) is 5.99. The zero-order valence-electron chi connectivity index (χ0n) is 11.4. The summed E-state index contributed by atoms with van der Waals surface area (Å²) in [5, 5.41) is 6.58. The van der Waals surface area contributed by atoms with E-state index in [1.54, 1.807) is 14.2 Å². The number of pyridine rings is 1. The van der Waals surface area contributed by atoms with Crippen LogP contribution in [0.5, 0.6) is 11.5 Å². The fraction of sp³-hybridized carbons (Fsp3) is 0.231. The van der Waals surface area contributed by atoms with Crippen LogP contribution >= 0.6 is 0 Å². The van der Waals surface area contributed by atoms with Gasteiger partial charge in [0.1, 0.15) is 0 Å². The van der Waals surface area contributed by atoms with Gasteiger partial charge in [-0.05, 0) is 6.07 Å². The molecule has 0 spiro atoms. The number of aromatic nitrogens is 3. The molecule has 0 amide bonds. The number of fused-ring (bicyclic) bond motifs is 3. The van der Waals surface area contributed by atoms with Crippen molar-refractivity contribution in [1.29, 1.82) is 0 Å². The van der Waals surface area contributed by atoms with Gasteiger partial charge in [-0.2, -0.15) is 5.10 Å². The highest BCUT2D eigenvalue weighted by Crippen LogP contribution is 2.33. The Bertz CT molecular complexity index is 782. The SMILES string of the molecule is Bc1nn(C)c2cnc3cc(OC)c(OC)cc3c12. The summed E-state index contributed by atoms with van der Waals surface area (Å²) in [4.78, 5) is 4.47. The van der Waals surface area contributed by atoms with Gasteiger partial charge in [0.05, 0.1) is 31.4 Å². The molecule has 0 aliphatic carbocycles. The van der Waals surface area contributed by atoms with Gasteiger partial charge < -0.3 is 9.47 Å². The number of nitrogens with zero attached hydrogens (tertiary/aromatic N) is 3. The molecular weight excluding hydrogens is 241 g/mol. The van der Waals surface area contributed by atoms with E-state index in [1.165, 1.54) is 0 Å². The first-order valence-electron chi connectivity index (χ1n) is 5.99. The molecule has 1 aromatic carbocycles. The molecule has 0 fully saturated rings. The monoisotopic (exact) mass is 255 g/mol. The third-order valence-corrected chi connectivity index (χ3v) is 3.36. The van der Waals surface area contributed by atoms with Gasteiger partial charge in [-0.1, -0.05) is 0 Å². The Labute approximate surface area is 111 Å². The molecule has 0 radical (unpaired) electrons. The summed E-state index contributed by atoms with van der Waals surface area (Å²) in [5.74, 6) is 1.39. The molecule has 0 N–H and O–H groups in total. The van der Waals surface area contributed by atoms with Crippen LogP contribution in [0.3, 0.4) is 0 Å². The average molecular weight is 255 g/mol. The minimum Gasteiger partial charge on any atom is -0.493 e. The highest BCUT2D eigenvalue weighted by molar-refractivity contribution is 6.39. The predicted octanol–water partition coefficient (Wildman–Crippen LogP) is 0.397. The smallest absolute Gasteiger partial charge is 0.167 e. The maximum Gasteiger partial charge on any atom is 0.167 e. The predicted molar refractivity (Wildman–Crippen MR) is 77.3 cm³/mol. The summed E-state index contributed by atoms with van der Waals surface area (Å²) in [5.41, 5.74) is 2.87. The summed E-state index contributed by atoms with van der Waals surface area (Å²) >= 11 is 0. The molecule has 2 heterocycles. The number of hydrogen-bond donors (Lipinski definition) is 0. The summed E-state index contributed by atoms with van der Waals surface area (Å²) in [6.07, 6.45) is 1.84. The minimum absolute atomic E-state index is 0.684. The first-order chi connectivity index (χ1) is 9.15. The van der Waals surface area contributed by atoms with E-state index < -0.39 is 0 Å². The van der Waals surface area contributed by atoms with Gasteiger partial charge in [-0.25, -0.2) is 0 Å². The normalized spacial score (nSPS) is 11.1. The third-order valence-electron chi connectivity index (χ3n) is 3.36. The molecule has 0 aliphatic rings. The van der Waals surface area contributed by atoms with Gasteiger partial charge in [0.2, 0.25) is 0 Å². The molecule has 6 heteroatoms. The Morgan fingerprint density at radius 2 is 1.84 bits per heavy atom. The van der Waals surface area contributed by atoms with E-state index >= 15 is 0 Å². The van der Waals surface area contributed by atoms with E-state index in [0.717, 1.165) is 27.4 Å². The molecule has 0 atom stereocenters. The standard InChI is InChI=1S/C13H14BN3O2/c1-17-9-6-15-8-5-11(19-3)10(18-2)4-7(8)12(9)13(14)16-17/h4-6H,14H2,1-3H3. The highest BCUT2D eigenvalue weighted by atomic mass is 16.5. The molecule has 0 unspecified atom stereocenters. The van der Waals surface area contributed by atoms with E-state index in [4.69, 9.17) is 9.47 Å². The number of aryl methyl sites for hydroxylation is 1. The van der Waals surface area contributed by atoms with Crippen LogP contribution < -0.4 is 15.1 Å². The van der Waals surface area contributed by atoms with Gasteiger partial charge in [0.25, 0.3) is 0 Å². The maximum absolute atomic E-state index is 5.36. The number of ether oxygens (including phenoxy) is 2. The van der Waals surface area contributed by atoms with Crippen LogP contribution in [0.4, 0.5) is 0 Å². The molecule has 5 nitrogen and oxygen atoms in total. The highest BCUT2D eigenvalue weighted by Gasteiger charge is 2.13. The van der Waals surface area contributed by atoms with Crippen molar-refractivity contribution in [3.8, 4) is 11.5 Å². The zero-order valence-corrected chi connectivity index (χ0v) is 11.4. The summed E-state index contributed by atoms with van der Waals surface area (Å²) in [6, 6.07) is 3.85. The largest absolute Gasteiger partial charge is 0.493 e. The van der Waals surface area contributed by atoms with Crippen molar-refractivity contribution in [3.63, 3.8) is 0 Å². The van der Waals surface area contributed by atoms with Crippen molar-refractivity contribution < 1.29 is 9.47 Å². The van der Waals surface area contributed by atoms with Crippen molar-refractivity contribution >= 4 is 35.2 Å². The number of rotatable bonds is 2. The van der Waals surface area contributed by atoms with Gasteiger partial charge in [-0.3, -0.25) is 9.67 Å². The number of methoxy groups -OCH3 is 2. The molecule has 0 bridgehead atoms. The van der Waals surface area contributed by atoms with Crippen LogP contribution in [0.15, 0.2) is 18.3 Å². The Hall–Kier alpha value is -2.24. The zero-order chi connectivity index (χ0) is 13.6. The van der Waals surface area contributed by atoms with E-state index in [-0.39, 0.29) is 0 Å². The van der Waals surface area contributed by atoms with Gasteiger partial charge >= 0.3 is 0 Å². The van der Waals surface area contributed by atoms with Crippen molar-refractivity contribution in [2.45, 2.75) is 0 Å². The van der Waals surface area contributed by atoms with Crippen molar-refractivity contribution in [1.82, 2.24) is 14.8 Å². The van der Waals surface area contributed by atoms with Crippen molar-refractivity contribution in [3.05, 3.63) is 18.3 Å². The molecule has 0 saturated heterocycles. The molecule has 3 rings (SSSR count). The Kier molecular flexibility index (Phi) is 2.59. The molecule has 2 aromatic heterocycles. The van der Waals surface area contributed by atoms with Gasteiger partial charge in [0.15, 0.2) is 19.3 Å². The Morgan fingerprint density at radius 1 is 1.16 bits per heavy atom. The second kappa shape index (κ2) is 4.15. The van der Waals surface area contributed by atoms with E-state index in [0.29, 0.717) is 11.5 Å². The lowest BCUT2D eigenvalue weighted by atomic mass is 9.97. The van der Waals surface area contributed by atoms with Crippen LogP contribution in [0, 0.1) is 0 Å². The Morgan fingerprint density at radius 3 is 2.53 bits per heavy atom. The molecule has 96 valence electrons. The second-order valence-corrected chi connectivity index (χ2v) is 4.45. The molecule has 19 heavy (non-hydrogen) atoms. The van der Waals surface area contributed by atoms with Crippen molar-refractivity contribution in [2.24, 2.45) is 7.05 Å². The number of hydrogen-bond acceptors (Lipinski definition) is 4. The second-order valence-electron chi connectivity index (χ2n) is 4.45.